The Hall–Kier alpha value is -1.74. The number of allylic oxidation sites excluding steroid dienone is 1. The van der Waals surface area contributed by atoms with Crippen LogP contribution in [0.5, 0.6) is 0 Å². The molecular formula is C14H13F3N2O2S2. The van der Waals surface area contributed by atoms with Gasteiger partial charge in [-0.25, -0.2) is 4.79 Å². The van der Waals surface area contributed by atoms with E-state index in [1.165, 1.54) is 18.2 Å². The normalized spacial score (nSPS) is 15.0. The van der Waals surface area contributed by atoms with Crippen molar-refractivity contribution < 1.29 is 22.7 Å². The summed E-state index contributed by atoms with van der Waals surface area (Å²) in [5, 5.41) is 6.05. The molecule has 0 spiro atoms. The third-order valence-corrected chi connectivity index (χ3v) is 3.90. The molecule has 0 aromatic heterocycles. The summed E-state index contributed by atoms with van der Waals surface area (Å²) < 4.78 is 42.2. The monoisotopic (exact) mass is 362 g/mol. The summed E-state index contributed by atoms with van der Waals surface area (Å²) in [4.78, 5) is 12.1. The van der Waals surface area contributed by atoms with Crippen LogP contribution in [0, 0.1) is 0 Å². The van der Waals surface area contributed by atoms with Crippen LogP contribution in [0.2, 0.25) is 0 Å². The number of alkyl halides is 3. The average Bonchev–Trinajstić information content (AvgIpc) is 2.43. The zero-order chi connectivity index (χ0) is 17.0. The van der Waals surface area contributed by atoms with Crippen LogP contribution in [0.4, 0.5) is 13.2 Å². The van der Waals surface area contributed by atoms with Crippen molar-refractivity contribution in [2.75, 3.05) is 6.54 Å². The topological polar surface area (TPSA) is 50.4 Å². The van der Waals surface area contributed by atoms with Gasteiger partial charge < -0.3 is 15.4 Å². The van der Waals surface area contributed by atoms with E-state index in [-0.39, 0.29) is 29.8 Å². The van der Waals surface area contributed by atoms with Gasteiger partial charge in [-0.2, -0.15) is 13.2 Å². The highest BCUT2D eigenvalue weighted by Crippen LogP contribution is 2.37. The molecule has 0 fully saturated rings. The molecule has 2 N–H and O–H groups in total. The molecule has 0 radical (unpaired) electrons. The fourth-order valence-electron chi connectivity index (χ4n) is 1.88. The van der Waals surface area contributed by atoms with E-state index in [2.05, 4.69) is 10.6 Å². The molecule has 1 heterocycles. The van der Waals surface area contributed by atoms with E-state index in [9.17, 15) is 18.0 Å². The van der Waals surface area contributed by atoms with Gasteiger partial charge in [0, 0.05) is 10.6 Å². The SMILES string of the molecule is CC1=C(C(=O)OCc2cccc(SC(F)(F)F)c2)CNC(=S)N1. The second kappa shape index (κ2) is 7.22. The molecule has 1 aromatic carbocycles. The molecule has 4 nitrogen and oxygen atoms in total. The molecule has 0 aliphatic carbocycles. The number of ether oxygens (including phenoxy) is 1. The van der Waals surface area contributed by atoms with E-state index >= 15 is 0 Å². The first-order chi connectivity index (χ1) is 10.7. The Labute approximate surface area is 140 Å². The lowest BCUT2D eigenvalue weighted by molar-refractivity contribution is -0.140. The molecule has 1 aliphatic rings. The predicted octanol–water partition coefficient (Wildman–Crippen LogP) is 3.09. The van der Waals surface area contributed by atoms with E-state index in [1.54, 1.807) is 13.0 Å². The van der Waals surface area contributed by atoms with Gasteiger partial charge in [0.15, 0.2) is 5.11 Å². The Kier molecular flexibility index (Phi) is 5.53. The molecule has 0 amide bonds. The molecule has 1 aromatic rings. The first-order valence-corrected chi connectivity index (χ1v) is 7.73. The molecule has 9 heteroatoms. The summed E-state index contributed by atoms with van der Waals surface area (Å²) in [6.45, 7) is 1.84. The van der Waals surface area contributed by atoms with Crippen molar-refractivity contribution in [3.8, 4) is 0 Å². The maximum Gasteiger partial charge on any atom is 0.446 e. The van der Waals surface area contributed by atoms with Crippen molar-refractivity contribution in [2.45, 2.75) is 23.9 Å². The molecule has 0 atom stereocenters. The van der Waals surface area contributed by atoms with Crippen LogP contribution in [0.3, 0.4) is 0 Å². The number of carbonyl (C=O) groups excluding carboxylic acids is 1. The molecule has 0 saturated carbocycles. The summed E-state index contributed by atoms with van der Waals surface area (Å²) in [6, 6.07) is 5.79. The maximum absolute atomic E-state index is 12.4. The van der Waals surface area contributed by atoms with E-state index in [1.807, 2.05) is 0 Å². The number of benzene rings is 1. The number of rotatable bonds is 4. The van der Waals surface area contributed by atoms with Crippen molar-refractivity contribution in [3.05, 3.63) is 41.1 Å². The summed E-state index contributed by atoms with van der Waals surface area (Å²) in [7, 11) is 0. The van der Waals surface area contributed by atoms with Gasteiger partial charge in [0.05, 0.1) is 12.1 Å². The number of nitrogens with one attached hydrogen (secondary N) is 2. The minimum absolute atomic E-state index is 0.0489. The fourth-order valence-corrected chi connectivity index (χ4v) is 2.73. The first-order valence-electron chi connectivity index (χ1n) is 6.51. The second-order valence-electron chi connectivity index (χ2n) is 4.68. The Morgan fingerprint density at radius 1 is 1.43 bits per heavy atom. The van der Waals surface area contributed by atoms with Gasteiger partial charge >= 0.3 is 11.5 Å². The van der Waals surface area contributed by atoms with Crippen LogP contribution >= 0.6 is 24.0 Å². The average molecular weight is 362 g/mol. The number of carbonyl (C=O) groups is 1. The zero-order valence-corrected chi connectivity index (χ0v) is 13.6. The van der Waals surface area contributed by atoms with Crippen molar-refractivity contribution in [3.63, 3.8) is 0 Å². The lowest BCUT2D eigenvalue weighted by atomic mass is 10.2. The largest absolute Gasteiger partial charge is 0.457 e. The smallest absolute Gasteiger partial charge is 0.446 e. The molecule has 0 saturated heterocycles. The molecule has 0 unspecified atom stereocenters. The molecule has 0 bridgehead atoms. The van der Waals surface area contributed by atoms with Gasteiger partial charge in [-0.05, 0) is 48.6 Å². The van der Waals surface area contributed by atoms with Gasteiger partial charge in [0.25, 0.3) is 0 Å². The van der Waals surface area contributed by atoms with Crippen molar-refractivity contribution in [1.82, 2.24) is 10.6 Å². The van der Waals surface area contributed by atoms with Gasteiger partial charge in [0.2, 0.25) is 0 Å². The highest BCUT2D eigenvalue weighted by Gasteiger charge is 2.29. The van der Waals surface area contributed by atoms with Crippen molar-refractivity contribution in [1.29, 1.82) is 0 Å². The van der Waals surface area contributed by atoms with Crippen LogP contribution in [-0.2, 0) is 16.1 Å². The van der Waals surface area contributed by atoms with Gasteiger partial charge in [0.1, 0.15) is 6.61 Å². The highest BCUT2D eigenvalue weighted by atomic mass is 32.2. The quantitative estimate of drug-likeness (QED) is 0.488. The molecule has 124 valence electrons. The van der Waals surface area contributed by atoms with E-state index in [4.69, 9.17) is 17.0 Å². The number of esters is 1. The van der Waals surface area contributed by atoms with Crippen LogP contribution in [0.1, 0.15) is 12.5 Å². The number of halogens is 3. The van der Waals surface area contributed by atoms with Gasteiger partial charge in [-0.1, -0.05) is 12.1 Å². The van der Waals surface area contributed by atoms with Crippen LogP contribution in [0.15, 0.2) is 40.4 Å². The fraction of sp³-hybridized carbons (Fsp3) is 0.286. The maximum atomic E-state index is 12.4. The summed E-state index contributed by atoms with van der Waals surface area (Å²) in [6.07, 6.45) is 0. The van der Waals surface area contributed by atoms with Gasteiger partial charge in [-0.15, -0.1) is 0 Å². The summed E-state index contributed by atoms with van der Waals surface area (Å²) >= 11 is 4.71. The second-order valence-corrected chi connectivity index (χ2v) is 6.23. The lowest BCUT2D eigenvalue weighted by Crippen LogP contribution is -2.42. The number of thiocarbonyl (C=S) groups is 1. The number of thioether (sulfide) groups is 1. The number of hydrogen-bond acceptors (Lipinski definition) is 4. The summed E-state index contributed by atoms with van der Waals surface area (Å²) in [5.74, 6) is -0.543. The lowest BCUT2D eigenvalue weighted by Gasteiger charge is -2.20. The third-order valence-electron chi connectivity index (χ3n) is 2.93. The van der Waals surface area contributed by atoms with E-state index in [0.29, 0.717) is 21.9 Å². The Morgan fingerprint density at radius 2 is 2.17 bits per heavy atom. The first kappa shape index (κ1) is 17.6. The predicted molar refractivity (Wildman–Crippen MR) is 84.6 cm³/mol. The van der Waals surface area contributed by atoms with Crippen LogP contribution < -0.4 is 10.6 Å². The highest BCUT2D eigenvalue weighted by molar-refractivity contribution is 8.00. The van der Waals surface area contributed by atoms with Crippen molar-refractivity contribution in [2.24, 2.45) is 0 Å². The standard InChI is InChI=1S/C14H13F3N2O2S2/c1-8-11(6-18-13(22)19-8)12(20)21-7-9-3-2-4-10(5-9)23-14(15,16)17/h2-5H,6-7H2,1H3,(H2,18,19,22). The third kappa shape index (κ3) is 5.43. The number of hydrogen-bond donors (Lipinski definition) is 2. The Bertz CT molecular complexity index is 660. The molecule has 23 heavy (non-hydrogen) atoms. The Balaban J connectivity index is 1.98. The van der Waals surface area contributed by atoms with E-state index < -0.39 is 11.5 Å². The molecular weight excluding hydrogens is 349 g/mol. The van der Waals surface area contributed by atoms with Crippen LogP contribution in [0.25, 0.3) is 0 Å². The van der Waals surface area contributed by atoms with Crippen molar-refractivity contribution >= 4 is 35.1 Å². The molecule has 2 rings (SSSR count). The Morgan fingerprint density at radius 3 is 2.83 bits per heavy atom. The summed E-state index contributed by atoms with van der Waals surface area (Å²) in [5.41, 5.74) is -2.87. The van der Waals surface area contributed by atoms with E-state index in [0.717, 1.165) is 0 Å². The van der Waals surface area contributed by atoms with Gasteiger partial charge in [-0.3, -0.25) is 0 Å². The minimum atomic E-state index is -4.35. The minimum Gasteiger partial charge on any atom is -0.457 e. The zero-order valence-electron chi connectivity index (χ0n) is 12.0. The van der Waals surface area contributed by atoms with Crippen LogP contribution in [-0.4, -0.2) is 23.1 Å². The molecule has 1 aliphatic heterocycles.